The number of nitrogens with two attached hydrogens (primary N) is 1. The first-order valence-electron chi connectivity index (χ1n) is 5.03. The molecule has 2 rings (SSSR count). The Kier molecular flexibility index (Phi) is 2.52. The third-order valence-electron chi connectivity index (χ3n) is 2.59. The first-order chi connectivity index (χ1) is 7.58. The molecule has 5 nitrogen and oxygen atoms in total. The smallest absolute Gasteiger partial charge is 0.240 e. The van der Waals surface area contributed by atoms with Crippen LogP contribution in [0, 0.1) is 5.92 Å². The molecule has 1 atom stereocenters. The molecule has 4 N–H and O–H groups in total. The van der Waals surface area contributed by atoms with Gasteiger partial charge in [-0.25, -0.2) is 5.43 Å². The van der Waals surface area contributed by atoms with Gasteiger partial charge in [0.15, 0.2) is 0 Å². The first kappa shape index (κ1) is 10.5. The van der Waals surface area contributed by atoms with Crippen molar-refractivity contribution in [2.75, 3.05) is 5.73 Å². The van der Waals surface area contributed by atoms with Gasteiger partial charge in [-0.15, -0.1) is 0 Å². The van der Waals surface area contributed by atoms with Crippen molar-refractivity contribution < 1.29 is 9.90 Å². The average molecular weight is 219 g/mol. The Labute approximate surface area is 93.0 Å². The maximum atomic E-state index is 11.1. The number of phenols is 1. The molecule has 0 bridgehead atoms. The highest BCUT2D eigenvalue weighted by Gasteiger charge is 2.21. The van der Waals surface area contributed by atoms with Gasteiger partial charge in [0.05, 0.1) is 11.4 Å². The predicted octanol–water partition coefficient (Wildman–Crippen LogP) is 0.835. The van der Waals surface area contributed by atoms with Crippen LogP contribution < -0.4 is 11.2 Å². The minimum absolute atomic E-state index is 0.0318. The van der Waals surface area contributed by atoms with E-state index in [1.165, 1.54) is 0 Å². The molecule has 16 heavy (non-hydrogen) atoms. The van der Waals surface area contributed by atoms with Gasteiger partial charge in [-0.1, -0.05) is 13.0 Å². The van der Waals surface area contributed by atoms with Crippen molar-refractivity contribution in [1.82, 2.24) is 5.43 Å². The van der Waals surface area contributed by atoms with Crippen molar-refractivity contribution in [3.8, 4) is 5.75 Å². The van der Waals surface area contributed by atoms with Crippen LogP contribution >= 0.6 is 0 Å². The molecule has 5 heteroatoms. The molecule has 0 aromatic heterocycles. The fourth-order valence-electron chi connectivity index (χ4n) is 1.71. The lowest BCUT2D eigenvalue weighted by Gasteiger charge is -2.19. The molecule has 84 valence electrons. The summed E-state index contributed by atoms with van der Waals surface area (Å²) in [6.45, 7) is 1.92. The number of hydrogen-bond donors (Lipinski definition) is 3. The summed E-state index contributed by atoms with van der Waals surface area (Å²) in [5, 5.41) is 13.5. The van der Waals surface area contributed by atoms with E-state index in [-0.39, 0.29) is 17.6 Å². The number of anilines is 1. The van der Waals surface area contributed by atoms with Crippen LogP contribution in [0.3, 0.4) is 0 Å². The molecule has 1 aliphatic rings. The van der Waals surface area contributed by atoms with Crippen LogP contribution in [-0.4, -0.2) is 16.7 Å². The maximum absolute atomic E-state index is 11.1. The van der Waals surface area contributed by atoms with Crippen molar-refractivity contribution in [1.29, 1.82) is 0 Å². The maximum Gasteiger partial charge on any atom is 0.240 e. The summed E-state index contributed by atoms with van der Waals surface area (Å²) in [6.07, 6.45) is 0.407. The number of phenolic OH excluding ortho intramolecular Hbond substituents is 1. The van der Waals surface area contributed by atoms with Gasteiger partial charge in [0.1, 0.15) is 5.75 Å². The zero-order chi connectivity index (χ0) is 11.7. The van der Waals surface area contributed by atoms with E-state index < -0.39 is 0 Å². The summed E-state index contributed by atoms with van der Waals surface area (Å²) in [5.74, 6) is -0.0167. The van der Waals surface area contributed by atoms with Crippen LogP contribution in [-0.2, 0) is 4.79 Å². The van der Waals surface area contributed by atoms with Gasteiger partial charge in [-0.3, -0.25) is 4.79 Å². The Bertz CT molecular complexity index is 468. The van der Waals surface area contributed by atoms with Crippen molar-refractivity contribution in [2.24, 2.45) is 11.0 Å². The lowest BCUT2D eigenvalue weighted by Crippen LogP contribution is -2.31. The molecule has 0 aliphatic carbocycles. The van der Waals surface area contributed by atoms with Crippen LogP contribution in [0.4, 0.5) is 5.69 Å². The SMILES string of the molecule is CC1CC(=O)NN=C1c1ccc(N)c(O)c1. The lowest BCUT2D eigenvalue weighted by molar-refractivity contribution is -0.121. The van der Waals surface area contributed by atoms with E-state index in [4.69, 9.17) is 5.73 Å². The highest BCUT2D eigenvalue weighted by molar-refractivity contribution is 6.06. The molecule has 1 heterocycles. The summed E-state index contributed by atoms with van der Waals surface area (Å²) in [7, 11) is 0. The van der Waals surface area contributed by atoms with E-state index >= 15 is 0 Å². The van der Waals surface area contributed by atoms with Gasteiger partial charge in [0.25, 0.3) is 0 Å². The van der Waals surface area contributed by atoms with Crippen molar-refractivity contribution in [3.05, 3.63) is 23.8 Å². The Morgan fingerprint density at radius 2 is 2.31 bits per heavy atom. The van der Waals surface area contributed by atoms with Gasteiger partial charge in [-0.2, -0.15) is 5.10 Å². The minimum Gasteiger partial charge on any atom is -0.506 e. The van der Waals surface area contributed by atoms with E-state index in [1.54, 1.807) is 18.2 Å². The molecule has 1 aromatic carbocycles. The van der Waals surface area contributed by atoms with Crippen molar-refractivity contribution in [3.63, 3.8) is 0 Å². The van der Waals surface area contributed by atoms with Crippen molar-refractivity contribution in [2.45, 2.75) is 13.3 Å². The fourth-order valence-corrected chi connectivity index (χ4v) is 1.71. The summed E-state index contributed by atoms with van der Waals surface area (Å²) >= 11 is 0. The molecular weight excluding hydrogens is 206 g/mol. The van der Waals surface area contributed by atoms with Crippen LogP contribution in [0.25, 0.3) is 0 Å². The Morgan fingerprint density at radius 1 is 1.56 bits per heavy atom. The molecule has 0 radical (unpaired) electrons. The monoisotopic (exact) mass is 219 g/mol. The summed E-state index contributed by atoms with van der Waals surface area (Å²) in [5.41, 5.74) is 9.81. The van der Waals surface area contributed by atoms with Crippen LogP contribution in [0.1, 0.15) is 18.9 Å². The highest BCUT2D eigenvalue weighted by atomic mass is 16.3. The second-order valence-corrected chi connectivity index (χ2v) is 3.91. The number of carbonyl (C=O) groups is 1. The number of aromatic hydroxyl groups is 1. The number of carbonyl (C=O) groups excluding carboxylic acids is 1. The number of hydrogen-bond acceptors (Lipinski definition) is 4. The third-order valence-corrected chi connectivity index (χ3v) is 2.59. The number of benzene rings is 1. The van der Waals surface area contributed by atoms with Crippen LogP contribution in [0.15, 0.2) is 23.3 Å². The Morgan fingerprint density at radius 3 is 2.94 bits per heavy atom. The molecule has 1 aromatic rings. The van der Waals surface area contributed by atoms with Gasteiger partial charge in [0.2, 0.25) is 5.91 Å². The largest absolute Gasteiger partial charge is 0.506 e. The van der Waals surface area contributed by atoms with E-state index in [2.05, 4.69) is 10.5 Å². The van der Waals surface area contributed by atoms with Gasteiger partial charge >= 0.3 is 0 Å². The average Bonchev–Trinajstić information content (AvgIpc) is 2.22. The first-order valence-corrected chi connectivity index (χ1v) is 5.03. The highest BCUT2D eigenvalue weighted by Crippen LogP contribution is 2.24. The summed E-state index contributed by atoms with van der Waals surface area (Å²) < 4.78 is 0. The van der Waals surface area contributed by atoms with Crippen molar-refractivity contribution >= 4 is 17.3 Å². The zero-order valence-corrected chi connectivity index (χ0v) is 8.90. The van der Waals surface area contributed by atoms with E-state index in [1.807, 2.05) is 6.92 Å². The number of amides is 1. The normalized spacial score (nSPS) is 20.2. The predicted molar refractivity (Wildman–Crippen MR) is 61.0 cm³/mol. The Hall–Kier alpha value is -2.04. The number of rotatable bonds is 1. The molecule has 1 unspecified atom stereocenters. The van der Waals surface area contributed by atoms with E-state index in [9.17, 15) is 9.90 Å². The molecule has 0 saturated heterocycles. The second kappa shape index (κ2) is 3.84. The molecule has 0 spiro atoms. The minimum atomic E-state index is -0.0871. The molecule has 0 fully saturated rings. The fraction of sp³-hybridized carbons (Fsp3) is 0.273. The quantitative estimate of drug-likeness (QED) is 0.483. The van der Waals surface area contributed by atoms with E-state index in [0.29, 0.717) is 12.1 Å². The molecule has 1 aliphatic heterocycles. The molecular formula is C11H13N3O2. The van der Waals surface area contributed by atoms with Gasteiger partial charge < -0.3 is 10.8 Å². The van der Waals surface area contributed by atoms with Gasteiger partial charge in [-0.05, 0) is 12.1 Å². The van der Waals surface area contributed by atoms with Crippen LogP contribution in [0.5, 0.6) is 5.75 Å². The Balaban J connectivity index is 2.37. The molecule has 0 saturated carbocycles. The molecule has 1 amide bonds. The number of nitrogens with one attached hydrogen (secondary N) is 1. The topological polar surface area (TPSA) is 87.7 Å². The van der Waals surface area contributed by atoms with E-state index in [0.717, 1.165) is 11.3 Å². The standard InChI is InChI=1S/C11H13N3O2/c1-6-4-10(16)13-14-11(6)7-2-3-8(12)9(15)5-7/h2-3,5-6,15H,4,12H2,1H3,(H,13,16). The van der Waals surface area contributed by atoms with Gasteiger partial charge in [0, 0.05) is 17.9 Å². The number of nitrogen functional groups attached to an aromatic ring is 1. The number of hydrazone groups is 1. The number of nitrogens with zero attached hydrogens (tertiary/aromatic N) is 1. The zero-order valence-electron chi connectivity index (χ0n) is 8.90. The summed E-state index contributed by atoms with van der Waals surface area (Å²) in [6, 6.07) is 4.96. The van der Waals surface area contributed by atoms with Crippen LogP contribution in [0.2, 0.25) is 0 Å². The summed E-state index contributed by atoms with van der Waals surface area (Å²) in [4.78, 5) is 11.1. The third kappa shape index (κ3) is 1.84. The lowest BCUT2D eigenvalue weighted by atomic mass is 9.94. The second-order valence-electron chi connectivity index (χ2n) is 3.91.